The first-order valence-electron chi connectivity index (χ1n) is 5.68. The SMILES string of the molecule is O=C(CS)N1CCCn2c1nc1ccccc12. The van der Waals surface area contributed by atoms with Crippen LogP contribution in [0.3, 0.4) is 0 Å². The zero-order chi connectivity index (χ0) is 11.8. The highest BCUT2D eigenvalue weighted by atomic mass is 32.1. The molecule has 0 aliphatic carbocycles. The zero-order valence-electron chi connectivity index (χ0n) is 9.33. The molecule has 0 saturated carbocycles. The van der Waals surface area contributed by atoms with E-state index in [2.05, 4.69) is 22.2 Å². The predicted molar refractivity (Wildman–Crippen MR) is 70.6 cm³/mol. The molecule has 0 radical (unpaired) electrons. The Morgan fingerprint density at radius 2 is 2.18 bits per heavy atom. The van der Waals surface area contributed by atoms with E-state index in [0.717, 1.165) is 36.5 Å². The lowest BCUT2D eigenvalue weighted by Crippen LogP contribution is -2.38. The number of imidazole rings is 1. The molecule has 4 nitrogen and oxygen atoms in total. The number of rotatable bonds is 1. The van der Waals surface area contributed by atoms with Crippen molar-refractivity contribution in [3.05, 3.63) is 24.3 Å². The summed E-state index contributed by atoms with van der Waals surface area (Å²) in [6.45, 7) is 1.66. The first kappa shape index (κ1) is 10.7. The molecule has 0 spiro atoms. The van der Waals surface area contributed by atoms with Crippen LogP contribution in [0.15, 0.2) is 24.3 Å². The minimum absolute atomic E-state index is 0.0181. The molecule has 3 rings (SSSR count). The van der Waals surface area contributed by atoms with E-state index >= 15 is 0 Å². The third-order valence-corrected chi connectivity index (χ3v) is 3.35. The highest BCUT2D eigenvalue weighted by Crippen LogP contribution is 2.26. The minimum atomic E-state index is 0.0181. The molecule has 1 aromatic carbocycles. The number of aryl methyl sites for hydroxylation is 1. The van der Waals surface area contributed by atoms with Gasteiger partial charge in [0.2, 0.25) is 11.9 Å². The van der Waals surface area contributed by atoms with E-state index in [-0.39, 0.29) is 11.7 Å². The molecule has 88 valence electrons. The molecular formula is C12H13N3OS. The van der Waals surface area contributed by atoms with Gasteiger partial charge in [-0.3, -0.25) is 9.69 Å². The number of hydrogen-bond donors (Lipinski definition) is 1. The average Bonchev–Trinajstić information content (AvgIpc) is 2.76. The monoisotopic (exact) mass is 247 g/mol. The molecule has 0 unspecified atom stereocenters. The van der Waals surface area contributed by atoms with Gasteiger partial charge in [0, 0.05) is 13.1 Å². The quantitative estimate of drug-likeness (QED) is 0.779. The van der Waals surface area contributed by atoms with Gasteiger partial charge in [-0.1, -0.05) is 12.1 Å². The third-order valence-electron chi connectivity index (χ3n) is 3.08. The van der Waals surface area contributed by atoms with Crippen LogP contribution in [0, 0.1) is 0 Å². The van der Waals surface area contributed by atoms with Crippen molar-refractivity contribution in [3.63, 3.8) is 0 Å². The van der Waals surface area contributed by atoms with E-state index in [0.29, 0.717) is 0 Å². The lowest BCUT2D eigenvalue weighted by Gasteiger charge is -2.26. The standard InChI is InChI=1S/C12H13N3OS/c16-11(8-17)15-7-3-6-14-10-5-2-1-4-9(10)13-12(14)15/h1-2,4-5,17H,3,6-8H2. The Hall–Kier alpha value is -1.49. The number of carbonyl (C=O) groups excluding carboxylic acids is 1. The fourth-order valence-electron chi connectivity index (χ4n) is 2.30. The van der Waals surface area contributed by atoms with Crippen molar-refractivity contribution in [2.75, 3.05) is 17.2 Å². The van der Waals surface area contributed by atoms with Gasteiger partial charge in [-0.15, -0.1) is 0 Å². The van der Waals surface area contributed by atoms with Crippen LogP contribution in [0.5, 0.6) is 0 Å². The summed E-state index contributed by atoms with van der Waals surface area (Å²) in [5.74, 6) is 1.00. The van der Waals surface area contributed by atoms with Gasteiger partial charge in [-0.2, -0.15) is 12.6 Å². The van der Waals surface area contributed by atoms with E-state index in [1.54, 1.807) is 4.90 Å². The molecular weight excluding hydrogens is 234 g/mol. The average molecular weight is 247 g/mol. The molecule has 1 aliphatic rings. The number of thiol groups is 1. The smallest absolute Gasteiger partial charge is 0.239 e. The molecule has 0 saturated heterocycles. The highest BCUT2D eigenvalue weighted by molar-refractivity contribution is 7.81. The van der Waals surface area contributed by atoms with Gasteiger partial charge in [0.25, 0.3) is 0 Å². The first-order chi connectivity index (χ1) is 8.31. The summed E-state index contributed by atoms with van der Waals surface area (Å²) in [4.78, 5) is 18.1. The van der Waals surface area contributed by atoms with Gasteiger partial charge in [0.15, 0.2) is 0 Å². The van der Waals surface area contributed by atoms with Crippen molar-refractivity contribution in [1.82, 2.24) is 9.55 Å². The summed E-state index contributed by atoms with van der Waals surface area (Å²) >= 11 is 4.05. The topological polar surface area (TPSA) is 38.1 Å². The molecule has 5 heteroatoms. The van der Waals surface area contributed by atoms with Crippen LogP contribution in [0.4, 0.5) is 5.95 Å². The van der Waals surface area contributed by atoms with Crippen LogP contribution in [-0.2, 0) is 11.3 Å². The van der Waals surface area contributed by atoms with Crippen molar-refractivity contribution >= 4 is 35.5 Å². The largest absolute Gasteiger partial charge is 0.310 e. The number of para-hydroxylation sites is 2. The Morgan fingerprint density at radius 1 is 1.35 bits per heavy atom. The van der Waals surface area contributed by atoms with Crippen molar-refractivity contribution in [1.29, 1.82) is 0 Å². The molecule has 1 amide bonds. The second kappa shape index (κ2) is 4.07. The van der Waals surface area contributed by atoms with Crippen molar-refractivity contribution < 1.29 is 4.79 Å². The van der Waals surface area contributed by atoms with Crippen molar-refractivity contribution in [2.24, 2.45) is 0 Å². The number of amides is 1. The van der Waals surface area contributed by atoms with Gasteiger partial charge < -0.3 is 4.57 Å². The Morgan fingerprint density at radius 3 is 3.00 bits per heavy atom. The Labute approximate surface area is 105 Å². The Kier molecular flexibility index (Phi) is 2.55. The fourth-order valence-corrected chi connectivity index (χ4v) is 2.47. The maximum atomic E-state index is 11.8. The Balaban J connectivity index is 2.17. The summed E-state index contributed by atoms with van der Waals surface area (Å²) < 4.78 is 2.11. The van der Waals surface area contributed by atoms with Gasteiger partial charge in [-0.25, -0.2) is 4.98 Å². The van der Waals surface area contributed by atoms with E-state index < -0.39 is 0 Å². The van der Waals surface area contributed by atoms with Crippen LogP contribution in [0.2, 0.25) is 0 Å². The van der Waals surface area contributed by atoms with E-state index in [1.807, 2.05) is 24.3 Å². The molecule has 2 heterocycles. The number of nitrogens with zero attached hydrogens (tertiary/aromatic N) is 3. The third kappa shape index (κ3) is 1.61. The molecule has 0 atom stereocenters. The lowest BCUT2D eigenvalue weighted by molar-refractivity contribution is -0.116. The maximum absolute atomic E-state index is 11.8. The van der Waals surface area contributed by atoms with Gasteiger partial charge in [0.05, 0.1) is 16.8 Å². The molecule has 0 fully saturated rings. The number of fused-ring (bicyclic) bond motifs is 3. The van der Waals surface area contributed by atoms with Crippen LogP contribution < -0.4 is 4.90 Å². The van der Waals surface area contributed by atoms with Crippen molar-refractivity contribution in [3.8, 4) is 0 Å². The molecule has 1 aromatic heterocycles. The molecule has 0 bridgehead atoms. The minimum Gasteiger partial charge on any atom is -0.310 e. The molecule has 1 aliphatic heterocycles. The number of aromatic nitrogens is 2. The summed E-state index contributed by atoms with van der Waals surface area (Å²) in [5.41, 5.74) is 2.04. The van der Waals surface area contributed by atoms with Gasteiger partial charge in [-0.05, 0) is 18.6 Å². The van der Waals surface area contributed by atoms with Crippen LogP contribution >= 0.6 is 12.6 Å². The fraction of sp³-hybridized carbons (Fsp3) is 0.333. The van der Waals surface area contributed by atoms with Crippen LogP contribution in [0.1, 0.15) is 6.42 Å². The second-order valence-corrected chi connectivity index (χ2v) is 4.43. The number of carbonyl (C=O) groups is 1. The van der Waals surface area contributed by atoms with E-state index in [4.69, 9.17) is 0 Å². The maximum Gasteiger partial charge on any atom is 0.239 e. The zero-order valence-corrected chi connectivity index (χ0v) is 10.2. The second-order valence-electron chi connectivity index (χ2n) is 4.11. The highest BCUT2D eigenvalue weighted by Gasteiger charge is 2.24. The van der Waals surface area contributed by atoms with Crippen LogP contribution in [0.25, 0.3) is 11.0 Å². The predicted octanol–water partition coefficient (Wildman–Crippen LogP) is 1.70. The summed E-state index contributed by atoms with van der Waals surface area (Å²) in [7, 11) is 0. The Bertz CT molecular complexity index is 578. The molecule has 17 heavy (non-hydrogen) atoms. The van der Waals surface area contributed by atoms with E-state index in [9.17, 15) is 4.79 Å². The summed E-state index contributed by atoms with van der Waals surface area (Å²) in [5, 5.41) is 0. The molecule has 0 N–H and O–H groups in total. The van der Waals surface area contributed by atoms with Gasteiger partial charge in [0.1, 0.15) is 0 Å². The summed E-state index contributed by atoms with van der Waals surface area (Å²) in [6, 6.07) is 7.98. The summed E-state index contributed by atoms with van der Waals surface area (Å²) in [6.07, 6.45) is 0.965. The van der Waals surface area contributed by atoms with E-state index in [1.165, 1.54) is 0 Å². The number of hydrogen-bond acceptors (Lipinski definition) is 3. The molecule has 2 aromatic rings. The normalized spacial score (nSPS) is 15.0. The number of anilines is 1. The number of benzene rings is 1. The van der Waals surface area contributed by atoms with Crippen molar-refractivity contribution in [2.45, 2.75) is 13.0 Å². The van der Waals surface area contributed by atoms with Gasteiger partial charge >= 0.3 is 0 Å². The lowest BCUT2D eigenvalue weighted by atomic mass is 10.3. The first-order valence-corrected chi connectivity index (χ1v) is 6.31. The van der Waals surface area contributed by atoms with Crippen LogP contribution in [-0.4, -0.2) is 27.8 Å².